The van der Waals surface area contributed by atoms with Gasteiger partial charge in [0.25, 0.3) is 0 Å². The fraction of sp³-hybridized carbons (Fsp3) is 0.455. The van der Waals surface area contributed by atoms with Crippen molar-refractivity contribution < 1.29 is 4.39 Å². The molecule has 1 rings (SSSR count). The van der Waals surface area contributed by atoms with Gasteiger partial charge in [-0.1, -0.05) is 32.4 Å². The highest BCUT2D eigenvalue weighted by molar-refractivity contribution is 8.00. The van der Waals surface area contributed by atoms with Crippen molar-refractivity contribution in [2.75, 3.05) is 5.73 Å². The first-order valence-electron chi connectivity index (χ1n) is 4.83. The molecule has 0 heterocycles. The highest BCUT2D eigenvalue weighted by Crippen LogP contribution is 2.34. The zero-order chi connectivity index (χ0) is 11.6. The maximum absolute atomic E-state index is 13.2. The molecule has 0 saturated carbocycles. The average Bonchev–Trinajstić information content (AvgIpc) is 2.13. The van der Waals surface area contributed by atoms with E-state index in [1.165, 1.54) is 12.1 Å². The number of hydrogen-bond donors (Lipinski definition) is 1. The van der Waals surface area contributed by atoms with Crippen molar-refractivity contribution in [3.8, 4) is 0 Å². The minimum atomic E-state index is -0.413. The molecule has 0 spiro atoms. The van der Waals surface area contributed by atoms with Crippen LogP contribution in [0.1, 0.15) is 20.8 Å². The first-order chi connectivity index (χ1) is 6.91. The number of benzene rings is 1. The van der Waals surface area contributed by atoms with E-state index < -0.39 is 5.82 Å². The Labute approximate surface area is 99.2 Å². The summed E-state index contributed by atoms with van der Waals surface area (Å²) in [5, 5.41) is 0.474. The van der Waals surface area contributed by atoms with Gasteiger partial charge < -0.3 is 5.73 Å². The normalized spacial score (nSPS) is 13.2. The number of rotatable bonds is 3. The molecule has 84 valence electrons. The van der Waals surface area contributed by atoms with E-state index >= 15 is 0 Å². The summed E-state index contributed by atoms with van der Waals surface area (Å²) in [6.45, 7) is 6.35. The molecule has 0 saturated heterocycles. The van der Waals surface area contributed by atoms with Crippen LogP contribution >= 0.6 is 23.4 Å². The largest absolute Gasteiger partial charge is 0.398 e. The number of nitrogens with two attached hydrogens (primary N) is 1. The van der Waals surface area contributed by atoms with Crippen molar-refractivity contribution in [2.24, 2.45) is 5.92 Å². The molecule has 15 heavy (non-hydrogen) atoms. The van der Waals surface area contributed by atoms with E-state index in [0.29, 0.717) is 16.9 Å². The summed E-state index contributed by atoms with van der Waals surface area (Å²) in [4.78, 5) is 0.762. The first kappa shape index (κ1) is 12.7. The maximum atomic E-state index is 13.2. The van der Waals surface area contributed by atoms with Gasteiger partial charge in [0.2, 0.25) is 0 Å². The molecule has 0 amide bonds. The van der Waals surface area contributed by atoms with E-state index in [2.05, 4.69) is 20.8 Å². The zero-order valence-electron chi connectivity index (χ0n) is 9.05. The SMILES string of the molecule is CC(C)C(C)Sc1cc(F)c(Cl)cc1N. The molecule has 0 aliphatic heterocycles. The minimum absolute atomic E-state index is 0.0778. The van der Waals surface area contributed by atoms with E-state index in [1.54, 1.807) is 11.8 Å². The van der Waals surface area contributed by atoms with E-state index in [0.717, 1.165) is 4.90 Å². The van der Waals surface area contributed by atoms with Crippen LogP contribution in [0.25, 0.3) is 0 Å². The lowest BCUT2D eigenvalue weighted by Gasteiger charge is -2.16. The highest BCUT2D eigenvalue weighted by atomic mass is 35.5. The van der Waals surface area contributed by atoms with Gasteiger partial charge in [0.1, 0.15) is 5.82 Å². The minimum Gasteiger partial charge on any atom is -0.398 e. The molecule has 4 heteroatoms. The second-order valence-corrected chi connectivity index (χ2v) is 5.70. The van der Waals surface area contributed by atoms with E-state index in [9.17, 15) is 4.39 Å². The van der Waals surface area contributed by atoms with Crippen molar-refractivity contribution in [1.82, 2.24) is 0 Å². The summed E-state index contributed by atoms with van der Waals surface area (Å²) in [5.41, 5.74) is 6.31. The van der Waals surface area contributed by atoms with Crippen molar-refractivity contribution in [2.45, 2.75) is 30.9 Å². The molecular formula is C11H15ClFNS. The van der Waals surface area contributed by atoms with Gasteiger partial charge in [0.15, 0.2) is 0 Å². The number of anilines is 1. The molecule has 0 fully saturated rings. The lowest BCUT2D eigenvalue weighted by atomic mass is 10.2. The molecule has 2 N–H and O–H groups in total. The third-order valence-electron chi connectivity index (χ3n) is 2.30. The van der Waals surface area contributed by atoms with Gasteiger partial charge in [0, 0.05) is 15.8 Å². The lowest BCUT2D eigenvalue weighted by Crippen LogP contribution is -2.06. The Hall–Kier alpha value is -0.410. The average molecular weight is 248 g/mol. The summed E-state index contributed by atoms with van der Waals surface area (Å²) >= 11 is 7.20. The van der Waals surface area contributed by atoms with Crippen LogP contribution in [0.5, 0.6) is 0 Å². The Morgan fingerprint density at radius 3 is 2.47 bits per heavy atom. The van der Waals surface area contributed by atoms with Crippen LogP contribution in [0, 0.1) is 11.7 Å². The molecule has 0 aliphatic rings. The van der Waals surface area contributed by atoms with Gasteiger partial charge in [-0.3, -0.25) is 0 Å². The summed E-state index contributed by atoms with van der Waals surface area (Å²) in [6, 6.07) is 2.87. The van der Waals surface area contributed by atoms with Gasteiger partial charge in [-0.15, -0.1) is 11.8 Å². The molecule has 1 unspecified atom stereocenters. The number of hydrogen-bond acceptors (Lipinski definition) is 2. The Morgan fingerprint density at radius 1 is 1.33 bits per heavy atom. The molecule has 0 aromatic heterocycles. The quantitative estimate of drug-likeness (QED) is 0.640. The Kier molecular flexibility index (Phi) is 4.29. The van der Waals surface area contributed by atoms with Crippen LogP contribution in [0.2, 0.25) is 5.02 Å². The van der Waals surface area contributed by atoms with E-state index in [4.69, 9.17) is 17.3 Å². The van der Waals surface area contributed by atoms with Gasteiger partial charge in [-0.05, 0) is 18.1 Å². The number of thioether (sulfide) groups is 1. The standard InChI is InChI=1S/C11H15ClFNS/c1-6(2)7(3)15-11-5-9(13)8(12)4-10(11)14/h4-7H,14H2,1-3H3. The first-order valence-corrected chi connectivity index (χ1v) is 6.08. The topological polar surface area (TPSA) is 26.0 Å². The van der Waals surface area contributed by atoms with Crippen molar-refractivity contribution in [3.05, 3.63) is 23.0 Å². The molecule has 0 aliphatic carbocycles. The zero-order valence-corrected chi connectivity index (χ0v) is 10.6. The highest BCUT2D eigenvalue weighted by Gasteiger charge is 2.13. The Bertz CT molecular complexity index is 355. The molecule has 0 radical (unpaired) electrons. The summed E-state index contributed by atoms with van der Waals surface area (Å²) in [7, 11) is 0. The van der Waals surface area contributed by atoms with Crippen LogP contribution in [-0.4, -0.2) is 5.25 Å². The van der Waals surface area contributed by atoms with Gasteiger partial charge in [-0.2, -0.15) is 0 Å². The summed E-state index contributed by atoms with van der Waals surface area (Å²) in [5.74, 6) is 0.109. The number of nitrogen functional groups attached to an aromatic ring is 1. The van der Waals surface area contributed by atoms with Crippen LogP contribution in [0.3, 0.4) is 0 Å². The van der Waals surface area contributed by atoms with Gasteiger partial charge >= 0.3 is 0 Å². The molecule has 1 nitrogen and oxygen atoms in total. The molecule has 1 aromatic rings. The molecule has 1 aromatic carbocycles. The smallest absolute Gasteiger partial charge is 0.143 e. The van der Waals surface area contributed by atoms with Crippen molar-refractivity contribution in [1.29, 1.82) is 0 Å². The Morgan fingerprint density at radius 2 is 1.93 bits per heavy atom. The van der Waals surface area contributed by atoms with Crippen LogP contribution in [0.15, 0.2) is 17.0 Å². The molecule has 0 bridgehead atoms. The van der Waals surface area contributed by atoms with E-state index in [-0.39, 0.29) is 5.02 Å². The maximum Gasteiger partial charge on any atom is 0.143 e. The monoisotopic (exact) mass is 247 g/mol. The third-order valence-corrected chi connectivity index (χ3v) is 4.12. The lowest BCUT2D eigenvalue weighted by molar-refractivity contribution is 0.623. The summed E-state index contributed by atoms with van der Waals surface area (Å²) in [6.07, 6.45) is 0. The second kappa shape index (κ2) is 5.08. The third kappa shape index (κ3) is 3.28. The van der Waals surface area contributed by atoms with Gasteiger partial charge in [-0.25, -0.2) is 4.39 Å². The van der Waals surface area contributed by atoms with Crippen LogP contribution in [0.4, 0.5) is 10.1 Å². The van der Waals surface area contributed by atoms with Crippen LogP contribution < -0.4 is 5.73 Å². The molecular weight excluding hydrogens is 233 g/mol. The fourth-order valence-electron chi connectivity index (χ4n) is 0.982. The van der Waals surface area contributed by atoms with Crippen LogP contribution in [-0.2, 0) is 0 Å². The summed E-state index contributed by atoms with van der Waals surface area (Å²) < 4.78 is 13.2. The van der Waals surface area contributed by atoms with Crippen molar-refractivity contribution >= 4 is 29.1 Å². The van der Waals surface area contributed by atoms with Crippen molar-refractivity contribution in [3.63, 3.8) is 0 Å². The Balaban J connectivity index is 2.91. The predicted molar refractivity (Wildman–Crippen MR) is 66.0 cm³/mol. The molecule has 1 atom stereocenters. The fourth-order valence-corrected chi connectivity index (χ4v) is 2.19. The van der Waals surface area contributed by atoms with E-state index in [1.807, 2.05) is 0 Å². The van der Waals surface area contributed by atoms with Gasteiger partial charge in [0.05, 0.1) is 5.02 Å². The second-order valence-electron chi connectivity index (χ2n) is 3.87. The number of halogens is 2. The predicted octanol–water partition coefficient (Wildman–Crippen LogP) is 4.20.